The molecular weight excluding hydrogens is 222 g/mol. The maximum absolute atomic E-state index is 5.79. The van der Waals surface area contributed by atoms with E-state index in [1.54, 1.807) is 0 Å². The molecular formula is C16H31NO. The van der Waals surface area contributed by atoms with Gasteiger partial charge in [0, 0.05) is 12.6 Å². The lowest BCUT2D eigenvalue weighted by atomic mass is 9.85. The lowest BCUT2D eigenvalue weighted by Crippen LogP contribution is -2.32. The molecule has 2 heteroatoms. The van der Waals surface area contributed by atoms with E-state index in [0.29, 0.717) is 11.5 Å². The molecule has 2 atom stereocenters. The Hall–Kier alpha value is -0.0800. The van der Waals surface area contributed by atoms with E-state index in [1.165, 1.54) is 57.8 Å². The van der Waals surface area contributed by atoms with E-state index >= 15 is 0 Å². The molecule has 0 spiro atoms. The number of ether oxygens (including phenoxy) is 1. The molecule has 0 radical (unpaired) electrons. The summed E-state index contributed by atoms with van der Waals surface area (Å²) in [6.07, 6.45) is 12.6. The first-order valence-electron chi connectivity index (χ1n) is 8.01. The fraction of sp³-hybridized carbons (Fsp3) is 1.00. The van der Waals surface area contributed by atoms with E-state index in [-0.39, 0.29) is 0 Å². The number of hydrogen-bond donors (Lipinski definition) is 1. The molecule has 2 fully saturated rings. The van der Waals surface area contributed by atoms with E-state index in [1.807, 2.05) is 0 Å². The Balaban J connectivity index is 1.61. The van der Waals surface area contributed by atoms with Crippen molar-refractivity contribution >= 4 is 0 Å². The van der Waals surface area contributed by atoms with Crippen LogP contribution in [0.1, 0.15) is 71.6 Å². The van der Waals surface area contributed by atoms with Gasteiger partial charge in [-0.2, -0.15) is 0 Å². The number of hydrogen-bond acceptors (Lipinski definition) is 2. The van der Waals surface area contributed by atoms with E-state index in [9.17, 15) is 0 Å². The Morgan fingerprint density at radius 3 is 2.72 bits per heavy atom. The van der Waals surface area contributed by atoms with Crippen LogP contribution in [0.15, 0.2) is 0 Å². The Labute approximate surface area is 113 Å². The van der Waals surface area contributed by atoms with Gasteiger partial charge in [0.05, 0.1) is 6.10 Å². The molecule has 1 saturated heterocycles. The van der Waals surface area contributed by atoms with Crippen LogP contribution in [0.25, 0.3) is 0 Å². The van der Waals surface area contributed by atoms with Crippen molar-refractivity contribution in [1.29, 1.82) is 0 Å². The van der Waals surface area contributed by atoms with Crippen molar-refractivity contribution in [3.8, 4) is 0 Å². The van der Waals surface area contributed by atoms with Gasteiger partial charge >= 0.3 is 0 Å². The summed E-state index contributed by atoms with van der Waals surface area (Å²) in [7, 11) is 0. The smallest absolute Gasteiger partial charge is 0.0587 e. The molecule has 1 aliphatic heterocycles. The third-order valence-electron chi connectivity index (χ3n) is 4.75. The van der Waals surface area contributed by atoms with Crippen molar-refractivity contribution < 1.29 is 4.74 Å². The van der Waals surface area contributed by atoms with Crippen molar-refractivity contribution in [2.45, 2.75) is 83.8 Å². The van der Waals surface area contributed by atoms with Crippen molar-refractivity contribution in [3.05, 3.63) is 0 Å². The predicted molar refractivity (Wildman–Crippen MR) is 76.9 cm³/mol. The third kappa shape index (κ3) is 4.89. The van der Waals surface area contributed by atoms with Gasteiger partial charge in [0.2, 0.25) is 0 Å². The van der Waals surface area contributed by atoms with Crippen LogP contribution in [0.3, 0.4) is 0 Å². The fourth-order valence-corrected chi connectivity index (χ4v) is 3.35. The normalized spacial score (nSPS) is 33.0. The van der Waals surface area contributed by atoms with Gasteiger partial charge < -0.3 is 10.1 Å². The summed E-state index contributed by atoms with van der Waals surface area (Å²) in [4.78, 5) is 0. The predicted octanol–water partition coefficient (Wildman–Crippen LogP) is 3.89. The Kier molecular flexibility index (Phi) is 5.50. The highest BCUT2D eigenvalue weighted by Gasteiger charge is 2.24. The van der Waals surface area contributed by atoms with E-state index in [2.05, 4.69) is 19.2 Å². The summed E-state index contributed by atoms with van der Waals surface area (Å²) in [6.45, 7) is 6.98. The Morgan fingerprint density at radius 2 is 1.94 bits per heavy atom. The van der Waals surface area contributed by atoms with E-state index < -0.39 is 0 Å². The zero-order valence-corrected chi connectivity index (χ0v) is 12.3. The molecule has 0 aromatic carbocycles. The molecule has 1 N–H and O–H groups in total. The molecule has 1 saturated carbocycles. The van der Waals surface area contributed by atoms with E-state index in [0.717, 1.165) is 19.2 Å². The van der Waals surface area contributed by atoms with Gasteiger partial charge in [0.1, 0.15) is 0 Å². The first kappa shape index (κ1) is 14.3. The maximum Gasteiger partial charge on any atom is 0.0587 e. The minimum absolute atomic E-state index is 0.536. The van der Waals surface area contributed by atoms with Crippen molar-refractivity contribution in [2.24, 2.45) is 5.41 Å². The second-order valence-corrected chi connectivity index (χ2v) is 7.02. The molecule has 0 bridgehead atoms. The second kappa shape index (κ2) is 6.91. The summed E-state index contributed by atoms with van der Waals surface area (Å²) >= 11 is 0. The summed E-state index contributed by atoms with van der Waals surface area (Å²) < 4.78 is 5.79. The standard InChI is InChI=1S/C16H31NO/c1-16(2)10-5-6-14(8-11-16)17-12-9-15-7-3-4-13-18-15/h14-15,17H,3-13H2,1-2H3. The lowest BCUT2D eigenvalue weighted by molar-refractivity contribution is 0.0111. The second-order valence-electron chi connectivity index (χ2n) is 7.02. The van der Waals surface area contributed by atoms with Crippen molar-refractivity contribution in [2.75, 3.05) is 13.2 Å². The summed E-state index contributed by atoms with van der Waals surface area (Å²) in [5, 5.41) is 3.77. The molecule has 18 heavy (non-hydrogen) atoms. The van der Waals surface area contributed by atoms with Gasteiger partial charge in [-0.15, -0.1) is 0 Å². The highest BCUT2D eigenvalue weighted by Crippen LogP contribution is 2.33. The molecule has 2 nitrogen and oxygen atoms in total. The quantitative estimate of drug-likeness (QED) is 0.767. The first-order chi connectivity index (χ1) is 8.66. The SMILES string of the molecule is CC1(C)CCCC(NCCC2CCCCO2)CC1. The maximum atomic E-state index is 5.79. The van der Waals surface area contributed by atoms with Crippen LogP contribution < -0.4 is 5.32 Å². The minimum Gasteiger partial charge on any atom is -0.378 e. The molecule has 2 aliphatic rings. The third-order valence-corrected chi connectivity index (χ3v) is 4.75. The van der Waals surface area contributed by atoms with Gasteiger partial charge in [-0.3, -0.25) is 0 Å². The van der Waals surface area contributed by atoms with Gasteiger partial charge in [-0.1, -0.05) is 20.3 Å². The fourth-order valence-electron chi connectivity index (χ4n) is 3.35. The zero-order valence-electron chi connectivity index (χ0n) is 12.3. The van der Waals surface area contributed by atoms with Crippen LogP contribution in [-0.2, 0) is 4.74 Å². The van der Waals surface area contributed by atoms with Gasteiger partial charge in [0.25, 0.3) is 0 Å². The molecule has 1 heterocycles. The topological polar surface area (TPSA) is 21.3 Å². The van der Waals surface area contributed by atoms with Gasteiger partial charge in [-0.25, -0.2) is 0 Å². The van der Waals surface area contributed by atoms with E-state index in [4.69, 9.17) is 4.74 Å². The van der Waals surface area contributed by atoms with Crippen LogP contribution in [0, 0.1) is 5.41 Å². The average molecular weight is 253 g/mol. The lowest BCUT2D eigenvalue weighted by Gasteiger charge is -2.24. The molecule has 0 aromatic rings. The van der Waals surface area contributed by atoms with Gasteiger partial charge in [-0.05, 0) is 63.3 Å². The van der Waals surface area contributed by atoms with Crippen LogP contribution >= 0.6 is 0 Å². The van der Waals surface area contributed by atoms with Gasteiger partial charge in [0.15, 0.2) is 0 Å². The Bertz CT molecular complexity index is 233. The highest BCUT2D eigenvalue weighted by molar-refractivity contribution is 4.79. The molecule has 2 unspecified atom stereocenters. The van der Waals surface area contributed by atoms with Crippen LogP contribution in [0.2, 0.25) is 0 Å². The summed E-state index contributed by atoms with van der Waals surface area (Å²) in [6, 6.07) is 0.760. The molecule has 2 rings (SSSR count). The highest BCUT2D eigenvalue weighted by atomic mass is 16.5. The largest absolute Gasteiger partial charge is 0.378 e. The monoisotopic (exact) mass is 253 g/mol. The molecule has 106 valence electrons. The van der Waals surface area contributed by atoms with Crippen LogP contribution in [0.4, 0.5) is 0 Å². The Morgan fingerprint density at radius 1 is 1.06 bits per heavy atom. The van der Waals surface area contributed by atoms with Crippen molar-refractivity contribution in [3.63, 3.8) is 0 Å². The first-order valence-corrected chi connectivity index (χ1v) is 8.01. The zero-order chi connectivity index (χ0) is 12.8. The molecule has 0 aromatic heterocycles. The van der Waals surface area contributed by atoms with Crippen LogP contribution in [0.5, 0.6) is 0 Å². The number of nitrogens with one attached hydrogen (secondary N) is 1. The summed E-state index contributed by atoms with van der Waals surface area (Å²) in [5.41, 5.74) is 0.572. The molecule has 0 amide bonds. The average Bonchev–Trinajstić information content (AvgIpc) is 2.52. The minimum atomic E-state index is 0.536. The summed E-state index contributed by atoms with van der Waals surface area (Å²) in [5.74, 6) is 0. The molecule has 1 aliphatic carbocycles. The number of rotatable bonds is 4. The van der Waals surface area contributed by atoms with Crippen LogP contribution in [-0.4, -0.2) is 25.3 Å². The van der Waals surface area contributed by atoms with Crippen molar-refractivity contribution in [1.82, 2.24) is 5.32 Å².